The summed E-state index contributed by atoms with van der Waals surface area (Å²) in [7, 11) is 9.78. The second kappa shape index (κ2) is 13.9. The molecule has 2 N–H and O–H groups in total. The minimum absolute atomic E-state index is 0.556. The quantitative estimate of drug-likeness (QED) is 0.177. The topological polar surface area (TPSA) is 58.9 Å². The van der Waals surface area contributed by atoms with E-state index in [0.717, 1.165) is 5.56 Å². The third-order valence-corrected chi connectivity index (χ3v) is 7.96. The van der Waals surface area contributed by atoms with E-state index in [2.05, 4.69) is 0 Å². The Kier molecular flexibility index (Phi) is 10.2. The minimum atomic E-state index is -1.67. The first-order valence-corrected chi connectivity index (χ1v) is 18.2. The van der Waals surface area contributed by atoms with Crippen molar-refractivity contribution in [2.45, 2.75) is 36.1 Å². The van der Waals surface area contributed by atoms with Gasteiger partial charge in [0.1, 0.15) is 23.4 Å². The van der Waals surface area contributed by atoms with E-state index in [1.165, 1.54) is 0 Å². The molecule has 43 heavy (non-hydrogen) atoms. The fourth-order valence-electron chi connectivity index (χ4n) is 5.88. The molecule has 1 saturated heterocycles. The van der Waals surface area contributed by atoms with Gasteiger partial charge in [-0.15, -0.1) is 0 Å². The molecule has 0 radical (unpaired) electrons. The Balaban J connectivity index is 0.00000118. The zero-order valence-corrected chi connectivity index (χ0v) is 26.6. The van der Waals surface area contributed by atoms with Crippen molar-refractivity contribution in [2.24, 2.45) is 0 Å². The zero-order valence-electron chi connectivity index (χ0n) is 23.6. The number of rotatable bonds is 7. The average molecular weight is 647 g/mol. The molecule has 0 saturated carbocycles. The van der Waals surface area contributed by atoms with Gasteiger partial charge in [0.25, 0.3) is 0 Å². The number of benzene rings is 5. The van der Waals surface area contributed by atoms with Crippen molar-refractivity contribution in [3.05, 3.63) is 179 Å². The Hall–Kier alpha value is -2.77. The van der Waals surface area contributed by atoms with Gasteiger partial charge in [-0.05, 0) is 29.2 Å². The molecule has 4 nitrogen and oxygen atoms in total. The Bertz CT molecular complexity index is 1380. The van der Waals surface area contributed by atoms with E-state index in [-0.39, 0.29) is 0 Å². The first-order chi connectivity index (χ1) is 20.9. The van der Waals surface area contributed by atoms with Crippen LogP contribution in [0.3, 0.4) is 0 Å². The van der Waals surface area contributed by atoms with Crippen LogP contribution in [-0.2, 0) is 43.5 Å². The molecule has 0 aliphatic carbocycles. The van der Waals surface area contributed by atoms with Crippen molar-refractivity contribution < 1.29 is 36.7 Å². The van der Waals surface area contributed by atoms with Crippen LogP contribution in [0.4, 0.5) is 0 Å². The van der Waals surface area contributed by atoms with Gasteiger partial charge in [0.05, 0.1) is 0 Å². The van der Waals surface area contributed by atoms with Gasteiger partial charge in [-0.2, -0.15) is 0 Å². The third-order valence-electron chi connectivity index (χ3n) is 7.96. The molecule has 6 rings (SSSR count). The molecule has 1 aliphatic rings. The molecular weight excluding hydrogens is 615 g/mol. The fourth-order valence-corrected chi connectivity index (χ4v) is 5.88. The van der Waals surface area contributed by atoms with Gasteiger partial charge < -0.3 is 19.7 Å². The number of hydrogen-bond donors (Lipinski definition) is 2. The molecule has 5 aromatic carbocycles. The van der Waals surface area contributed by atoms with E-state index < -0.39 is 46.2 Å². The maximum absolute atomic E-state index is 12.9. The molecule has 0 amide bonds. The van der Waals surface area contributed by atoms with Crippen LogP contribution in [-0.4, -0.2) is 22.4 Å². The normalized spacial score (nSPS) is 17.9. The SMILES string of the molecule is CC1(c2ccccc2)O[C@@H](C(O)(c2ccccc2)c2ccccc2)[C@H](C(O)(c2ccccc2)c2ccccc2)O1.[Cl][Ti][Cl]. The average Bonchev–Trinajstić information content (AvgIpc) is 3.46. The summed E-state index contributed by atoms with van der Waals surface area (Å²) in [6.45, 7) is 1.85. The van der Waals surface area contributed by atoms with Crippen molar-refractivity contribution in [3.63, 3.8) is 0 Å². The van der Waals surface area contributed by atoms with Crippen molar-refractivity contribution >= 4 is 18.6 Å². The first-order valence-electron chi connectivity index (χ1n) is 13.9. The van der Waals surface area contributed by atoms with Crippen LogP contribution in [0.5, 0.6) is 0 Å². The predicted molar refractivity (Wildman–Crippen MR) is 167 cm³/mol. The molecule has 1 fully saturated rings. The Morgan fingerprint density at radius 1 is 0.512 bits per heavy atom. The monoisotopic (exact) mass is 646 g/mol. The number of aliphatic hydroxyl groups is 2. The molecule has 1 heterocycles. The van der Waals surface area contributed by atoms with E-state index in [0.29, 0.717) is 22.3 Å². The van der Waals surface area contributed by atoms with Crippen molar-refractivity contribution in [3.8, 4) is 0 Å². The summed E-state index contributed by atoms with van der Waals surface area (Å²) in [5, 5.41) is 25.9. The summed E-state index contributed by atoms with van der Waals surface area (Å²) in [6.07, 6.45) is -2.04. The van der Waals surface area contributed by atoms with Crippen LogP contribution in [0, 0.1) is 0 Å². The number of hydrogen-bond acceptors (Lipinski definition) is 4. The van der Waals surface area contributed by atoms with Crippen LogP contribution in [0.2, 0.25) is 0 Å². The van der Waals surface area contributed by atoms with Gasteiger partial charge in [-0.1, -0.05) is 152 Å². The van der Waals surface area contributed by atoms with Gasteiger partial charge in [0.15, 0.2) is 5.79 Å². The van der Waals surface area contributed by atoms with Gasteiger partial charge in [-0.3, -0.25) is 0 Å². The van der Waals surface area contributed by atoms with Crippen LogP contribution < -0.4 is 0 Å². The van der Waals surface area contributed by atoms with Gasteiger partial charge >= 0.3 is 35.6 Å². The van der Waals surface area contributed by atoms with Crippen LogP contribution in [0.15, 0.2) is 152 Å². The second-order valence-electron chi connectivity index (χ2n) is 10.5. The second-order valence-corrected chi connectivity index (χ2v) is 13.0. The van der Waals surface area contributed by atoms with Crippen LogP contribution >= 0.6 is 18.6 Å². The Labute approximate surface area is 269 Å². The molecule has 2 atom stereocenters. The zero-order chi connectivity index (χ0) is 30.3. The summed E-state index contributed by atoms with van der Waals surface area (Å²) in [5.41, 5.74) is 0.00549. The van der Waals surface area contributed by atoms with E-state index in [4.69, 9.17) is 28.1 Å². The van der Waals surface area contributed by atoms with Crippen LogP contribution in [0.25, 0.3) is 0 Å². The molecule has 0 unspecified atom stereocenters. The third kappa shape index (κ3) is 6.26. The molecule has 0 aromatic heterocycles. The molecule has 5 aromatic rings. The van der Waals surface area contributed by atoms with Crippen molar-refractivity contribution in [1.29, 1.82) is 0 Å². The first kappa shape index (κ1) is 31.7. The number of halogens is 2. The van der Waals surface area contributed by atoms with E-state index in [1.807, 2.05) is 159 Å². The van der Waals surface area contributed by atoms with Crippen molar-refractivity contribution in [2.75, 3.05) is 0 Å². The van der Waals surface area contributed by atoms with Crippen molar-refractivity contribution in [1.82, 2.24) is 0 Å². The Morgan fingerprint density at radius 2 is 0.744 bits per heavy atom. The molecule has 218 valence electrons. The van der Waals surface area contributed by atoms with E-state index >= 15 is 0 Å². The summed E-state index contributed by atoms with van der Waals surface area (Å²) in [6, 6.07) is 47.5. The standard InChI is InChI=1S/C36H32O4.2ClH.Ti/c1-34(27-17-7-2-8-18-27)39-32(35(37,28-19-9-3-10-20-28)29-21-11-4-12-22-29)33(40-34)36(38,30-23-13-5-14-24-30)31-25-15-6-16-26-31;;;/h2-26,32-33,37-38H,1H3;2*1H;/q;;;+2/p-2/t32-,33-;;;/m1.../s1. The summed E-state index contributed by atoms with van der Waals surface area (Å²) in [5.74, 6) is -1.26. The predicted octanol–water partition coefficient (Wildman–Crippen LogP) is 7.89. The Morgan fingerprint density at radius 3 is 1.00 bits per heavy atom. The molecular formula is C36H32Cl2O4Ti. The maximum atomic E-state index is 12.9. The molecule has 0 spiro atoms. The van der Waals surface area contributed by atoms with Crippen LogP contribution in [0.1, 0.15) is 34.7 Å². The molecule has 7 heteroatoms. The summed E-state index contributed by atoms with van der Waals surface area (Å²) >= 11 is -0.556. The van der Waals surface area contributed by atoms with E-state index in [1.54, 1.807) is 0 Å². The van der Waals surface area contributed by atoms with E-state index in [9.17, 15) is 10.2 Å². The summed E-state index contributed by atoms with van der Waals surface area (Å²) < 4.78 is 13.8. The molecule has 1 aliphatic heterocycles. The van der Waals surface area contributed by atoms with Gasteiger partial charge in [0.2, 0.25) is 0 Å². The van der Waals surface area contributed by atoms with Gasteiger partial charge in [-0.25, -0.2) is 0 Å². The summed E-state index contributed by atoms with van der Waals surface area (Å²) in [4.78, 5) is 0. The fraction of sp³-hybridized carbons (Fsp3) is 0.167. The molecule has 0 bridgehead atoms. The van der Waals surface area contributed by atoms with Gasteiger partial charge in [0, 0.05) is 5.56 Å². The number of ether oxygens (including phenoxy) is 2.